The lowest BCUT2D eigenvalue weighted by molar-refractivity contribution is -0.140. The molecular weight excluding hydrogens is 550 g/mol. The molecule has 42 heavy (non-hydrogen) atoms. The zero-order valence-corrected chi connectivity index (χ0v) is 26.5. The Kier molecular flexibility index (Phi) is 11.2. The minimum atomic E-state index is -4.13. The van der Waals surface area contributed by atoms with Crippen LogP contribution in [0, 0.1) is 26.7 Å². The molecular formula is C33H43N3O5S. The average molecular weight is 594 g/mol. The smallest absolute Gasteiger partial charge is 0.264 e. The van der Waals surface area contributed by atoms with Crippen LogP contribution in [0.15, 0.2) is 71.6 Å². The molecule has 0 spiro atoms. The van der Waals surface area contributed by atoms with E-state index in [2.05, 4.69) is 5.32 Å². The van der Waals surface area contributed by atoms with Crippen LogP contribution in [0.2, 0.25) is 0 Å². The van der Waals surface area contributed by atoms with Gasteiger partial charge in [-0.2, -0.15) is 0 Å². The predicted molar refractivity (Wildman–Crippen MR) is 167 cm³/mol. The number of aryl methyl sites for hydroxylation is 2. The maximum Gasteiger partial charge on any atom is 0.264 e. The summed E-state index contributed by atoms with van der Waals surface area (Å²) in [6.45, 7) is 11.6. The monoisotopic (exact) mass is 593 g/mol. The quantitative estimate of drug-likeness (QED) is 0.287. The minimum absolute atomic E-state index is 0.0882. The SMILES string of the molecule is CCC(C(=O)NCC(C)C)N(Cc1ccc(OC)cc1)C(=O)CN(c1cccc(C)c1C)S(=O)(=O)c1ccc(C)cc1. The second-order valence-electron chi connectivity index (χ2n) is 11.0. The van der Waals surface area contributed by atoms with Crippen LogP contribution < -0.4 is 14.4 Å². The van der Waals surface area contributed by atoms with E-state index in [9.17, 15) is 18.0 Å². The molecule has 0 aliphatic carbocycles. The van der Waals surface area contributed by atoms with Crippen molar-refractivity contribution < 1.29 is 22.7 Å². The number of carbonyl (C=O) groups is 2. The van der Waals surface area contributed by atoms with E-state index in [-0.39, 0.29) is 23.3 Å². The summed E-state index contributed by atoms with van der Waals surface area (Å²) in [7, 11) is -2.55. The van der Waals surface area contributed by atoms with Crippen LogP contribution in [0.4, 0.5) is 5.69 Å². The number of nitrogens with zero attached hydrogens (tertiary/aromatic N) is 2. The molecule has 226 valence electrons. The van der Waals surface area contributed by atoms with E-state index in [0.717, 1.165) is 22.3 Å². The molecule has 0 heterocycles. The molecule has 3 rings (SSSR count). The lowest BCUT2D eigenvalue weighted by Crippen LogP contribution is -2.52. The molecule has 9 heteroatoms. The van der Waals surface area contributed by atoms with E-state index >= 15 is 0 Å². The van der Waals surface area contributed by atoms with Gasteiger partial charge < -0.3 is 15.0 Å². The minimum Gasteiger partial charge on any atom is -0.497 e. The maximum atomic E-state index is 14.2. The van der Waals surface area contributed by atoms with E-state index < -0.39 is 28.5 Å². The first-order chi connectivity index (χ1) is 19.9. The van der Waals surface area contributed by atoms with Gasteiger partial charge in [0.2, 0.25) is 11.8 Å². The lowest BCUT2D eigenvalue weighted by atomic mass is 10.1. The Morgan fingerprint density at radius 2 is 1.57 bits per heavy atom. The van der Waals surface area contributed by atoms with Gasteiger partial charge in [-0.15, -0.1) is 0 Å². The Labute approximate surface area is 250 Å². The summed E-state index contributed by atoms with van der Waals surface area (Å²) in [5.41, 5.74) is 3.79. The number of amides is 2. The molecule has 0 aromatic heterocycles. The third-order valence-electron chi connectivity index (χ3n) is 7.32. The maximum absolute atomic E-state index is 14.2. The number of sulfonamides is 1. The van der Waals surface area contributed by atoms with E-state index in [0.29, 0.717) is 24.4 Å². The molecule has 1 N–H and O–H groups in total. The van der Waals surface area contributed by atoms with Crippen molar-refractivity contribution >= 4 is 27.5 Å². The van der Waals surface area contributed by atoms with Crippen LogP contribution in [-0.2, 0) is 26.2 Å². The first-order valence-electron chi connectivity index (χ1n) is 14.2. The number of benzene rings is 3. The van der Waals surface area contributed by atoms with Crippen LogP contribution in [0.3, 0.4) is 0 Å². The van der Waals surface area contributed by atoms with Gasteiger partial charge in [0.1, 0.15) is 18.3 Å². The molecule has 0 aliphatic rings. The number of hydrogen-bond donors (Lipinski definition) is 1. The van der Waals surface area contributed by atoms with Gasteiger partial charge in [-0.25, -0.2) is 8.42 Å². The normalized spacial score (nSPS) is 12.1. The van der Waals surface area contributed by atoms with Gasteiger partial charge in [0.05, 0.1) is 17.7 Å². The second-order valence-corrected chi connectivity index (χ2v) is 12.8. The number of anilines is 1. The fourth-order valence-electron chi connectivity index (χ4n) is 4.63. The summed E-state index contributed by atoms with van der Waals surface area (Å²) in [6, 6.07) is 18.4. The van der Waals surface area contributed by atoms with Gasteiger partial charge in [0.15, 0.2) is 0 Å². The molecule has 0 saturated heterocycles. The fraction of sp³-hybridized carbons (Fsp3) is 0.394. The van der Waals surface area contributed by atoms with E-state index in [1.165, 1.54) is 9.21 Å². The van der Waals surface area contributed by atoms with Crippen LogP contribution in [0.25, 0.3) is 0 Å². The number of nitrogens with one attached hydrogen (secondary N) is 1. The summed E-state index contributed by atoms with van der Waals surface area (Å²) in [6.07, 6.45) is 0.361. The van der Waals surface area contributed by atoms with Gasteiger partial charge in [-0.05, 0) is 80.1 Å². The Morgan fingerprint density at radius 1 is 0.929 bits per heavy atom. The van der Waals surface area contributed by atoms with E-state index in [4.69, 9.17) is 4.74 Å². The van der Waals surface area contributed by atoms with Crippen LogP contribution in [0.5, 0.6) is 5.75 Å². The summed E-state index contributed by atoms with van der Waals surface area (Å²) in [4.78, 5) is 29.2. The molecule has 3 aromatic carbocycles. The Hall–Kier alpha value is -3.85. The largest absolute Gasteiger partial charge is 0.497 e. The molecule has 1 unspecified atom stereocenters. The lowest BCUT2D eigenvalue weighted by Gasteiger charge is -2.34. The van der Waals surface area contributed by atoms with Crippen LogP contribution in [0.1, 0.15) is 49.4 Å². The second kappa shape index (κ2) is 14.4. The molecule has 8 nitrogen and oxygen atoms in total. The molecule has 1 atom stereocenters. The molecule has 3 aromatic rings. The average Bonchev–Trinajstić information content (AvgIpc) is 2.96. The number of hydrogen-bond acceptors (Lipinski definition) is 5. The van der Waals surface area contributed by atoms with Crippen molar-refractivity contribution in [2.24, 2.45) is 5.92 Å². The number of ether oxygens (including phenoxy) is 1. The van der Waals surface area contributed by atoms with Crippen molar-refractivity contribution in [2.45, 2.75) is 65.4 Å². The van der Waals surface area contributed by atoms with Crippen molar-refractivity contribution in [1.29, 1.82) is 0 Å². The Bertz CT molecular complexity index is 1470. The van der Waals surface area contributed by atoms with Crippen molar-refractivity contribution in [3.63, 3.8) is 0 Å². The highest BCUT2D eigenvalue weighted by Crippen LogP contribution is 2.29. The van der Waals surface area contributed by atoms with E-state index in [1.807, 2.05) is 59.7 Å². The van der Waals surface area contributed by atoms with Gasteiger partial charge in [0, 0.05) is 13.1 Å². The van der Waals surface area contributed by atoms with Crippen molar-refractivity contribution in [3.05, 3.63) is 89.0 Å². The zero-order valence-electron chi connectivity index (χ0n) is 25.7. The third-order valence-corrected chi connectivity index (χ3v) is 9.09. The first kappa shape index (κ1) is 32.7. The predicted octanol–water partition coefficient (Wildman–Crippen LogP) is 5.40. The Morgan fingerprint density at radius 3 is 2.14 bits per heavy atom. The summed E-state index contributed by atoms with van der Waals surface area (Å²) in [5, 5.41) is 2.95. The highest BCUT2D eigenvalue weighted by atomic mass is 32.2. The molecule has 2 amide bonds. The van der Waals surface area contributed by atoms with Gasteiger partial charge in [-0.3, -0.25) is 13.9 Å². The standard InChI is InChI=1S/C33H43N3O5S/c1-8-30(33(38)34-20-23(2)3)35(21-27-14-16-28(41-7)17-15-27)32(37)22-36(31-11-9-10-25(5)26(31)6)42(39,40)29-18-12-24(4)13-19-29/h9-19,23,30H,8,20-22H2,1-7H3,(H,34,38). The molecule has 0 saturated carbocycles. The summed E-state index contributed by atoms with van der Waals surface area (Å²) in [5.74, 6) is 0.155. The van der Waals surface area contributed by atoms with Gasteiger partial charge in [0.25, 0.3) is 10.0 Å². The zero-order chi connectivity index (χ0) is 31.0. The highest BCUT2D eigenvalue weighted by Gasteiger charge is 2.34. The molecule has 0 fully saturated rings. The van der Waals surface area contributed by atoms with E-state index in [1.54, 1.807) is 55.6 Å². The Balaban J connectivity index is 2.08. The van der Waals surface area contributed by atoms with Gasteiger partial charge >= 0.3 is 0 Å². The van der Waals surface area contributed by atoms with Crippen molar-refractivity contribution in [3.8, 4) is 5.75 Å². The van der Waals surface area contributed by atoms with Gasteiger partial charge in [-0.1, -0.05) is 62.7 Å². The summed E-state index contributed by atoms with van der Waals surface area (Å²) >= 11 is 0. The van der Waals surface area contributed by atoms with Crippen LogP contribution >= 0.6 is 0 Å². The van der Waals surface area contributed by atoms with Crippen molar-refractivity contribution in [1.82, 2.24) is 10.2 Å². The molecule has 0 aliphatic heterocycles. The highest BCUT2D eigenvalue weighted by molar-refractivity contribution is 7.92. The fourth-order valence-corrected chi connectivity index (χ4v) is 6.10. The topological polar surface area (TPSA) is 96.0 Å². The van der Waals surface area contributed by atoms with Crippen molar-refractivity contribution in [2.75, 3.05) is 24.5 Å². The van der Waals surface area contributed by atoms with Crippen LogP contribution in [-0.4, -0.2) is 51.4 Å². The molecule has 0 bridgehead atoms. The first-order valence-corrected chi connectivity index (χ1v) is 15.7. The third kappa shape index (κ3) is 7.91. The number of methoxy groups -OCH3 is 1. The summed E-state index contributed by atoms with van der Waals surface area (Å²) < 4.78 is 34.7. The number of rotatable bonds is 13. The molecule has 0 radical (unpaired) electrons. The number of carbonyl (C=O) groups excluding carboxylic acids is 2.